The van der Waals surface area contributed by atoms with Gasteiger partial charge in [0.05, 0.1) is 0 Å². The lowest BCUT2D eigenvalue weighted by Crippen LogP contribution is -2.28. The molecular formula is C19H17N3O3. The third-order valence-electron chi connectivity index (χ3n) is 3.36. The van der Waals surface area contributed by atoms with Gasteiger partial charge >= 0.3 is 0 Å². The molecule has 0 fully saturated rings. The van der Waals surface area contributed by atoms with Crippen LogP contribution in [0.5, 0.6) is 5.75 Å². The van der Waals surface area contributed by atoms with Crippen molar-refractivity contribution in [2.75, 3.05) is 13.2 Å². The topological polar surface area (TPSA) is 77.2 Å². The van der Waals surface area contributed by atoms with Crippen molar-refractivity contribution in [1.82, 2.24) is 15.5 Å². The quantitative estimate of drug-likeness (QED) is 0.671. The summed E-state index contributed by atoms with van der Waals surface area (Å²) in [7, 11) is 0. The third kappa shape index (κ3) is 4.32. The van der Waals surface area contributed by atoms with Crippen molar-refractivity contribution in [1.29, 1.82) is 0 Å². The molecule has 0 aliphatic heterocycles. The molecule has 1 aromatic heterocycles. The van der Waals surface area contributed by atoms with Gasteiger partial charge in [-0.25, -0.2) is 0 Å². The van der Waals surface area contributed by atoms with E-state index in [1.807, 2.05) is 30.3 Å². The number of hydrogen-bond acceptors (Lipinski definition) is 5. The maximum Gasteiger partial charge on any atom is 0.258 e. The van der Waals surface area contributed by atoms with Crippen LogP contribution in [0.15, 0.2) is 71.7 Å². The normalized spacial score (nSPS) is 10.2. The van der Waals surface area contributed by atoms with Crippen LogP contribution in [0.25, 0.3) is 22.9 Å². The molecule has 0 aliphatic rings. The fraction of sp³-hybridized carbons (Fsp3) is 0.105. The van der Waals surface area contributed by atoms with Gasteiger partial charge in [-0.3, -0.25) is 4.79 Å². The molecule has 2 aromatic carbocycles. The number of ether oxygens (including phenoxy) is 1. The summed E-state index contributed by atoms with van der Waals surface area (Å²) >= 11 is 0. The van der Waals surface area contributed by atoms with E-state index in [4.69, 9.17) is 9.15 Å². The van der Waals surface area contributed by atoms with Crippen molar-refractivity contribution in [3.63, 3.8) is 0 Å². The second-order valence-corrected chi connectivity index (χ2v) is 5.18. The summed E-state index contributed by atoms with van der Waals surface area (Å²) < 4.78 is 11.1. The van der Waals surface area contributed by atoms with Gasteiger partial charge in [0.2, 0.25) is 11.8 Å². The number of benzene rings is 2. The summed E-state index contributed by atoms with van der Waals surface area (Å²) in [5.41, 5.74) is 1.64. The molecule has 25 heavy (non-hydrogen) atoms. The summed E-state index contributed by atoms with van der Waals surface area (Å²) in [6.07, 6.45) is 1.61. The molecule has 1 amide bonds. The van der Waals surface area contributed by atoms with E-state index in [1.165, 1.54) is 0 Å². The van der Waals surface area contributed by atoms with Crippen LogP contribution in [0, 0.1) is 0 Å². The van der Waals surface area contributed by atoms with E-state index in [0.717, 1.165) is 11.1 Å². The maximum absolute atomic E-state index is 11.5. The van der Waals surface area contributed by atoms with Crippen molar-refractivity contribution in [2.45, 2.75) is 0 Å². The highest BCUT2D eigenvalue weighted by molar-refractivity contribution is 5.77. The molecule has 0 spiro atoms. The van der Waals surface area contributed by atoms with E-state index >= 15 is 0 Å². The van der Waals surface area contributed by atoms with E-state index in [-0.39, 0.29) is 12.5 Å². The lowest BCUT2D eigenvalue weighted by atomic mass is 10.2. The molecule has 1 heterocycles. The number of amides is 1. The van der Waals surface area contributed by atoms with Crippen molar-refractivity contribution >= 4 is 5.91 Å². The van der Waals surface area contributed by atoms with Gasteiger partial charge in [-0.1, -0.05) is 24.3 Å². The molecule has 0 aliphatic carbocycles. The fourth-order valence-corrected chi connectivity index (χ4v) is 2.12. The lowest BCUT2D eigenvalue weighted by Gasteiger charge is -2.06. The first-order chi connectivity index (χ1) is 12.3. The molecule has 0 bridgehead atoms. The average molecular weight is 335 g/mol. The van der Waals surface area contributed by atoms with Crippen LogP contribution in [0.3, 0.4) is 0 Å². The standard InChI is InChI=1S/C19H17N3O3/c1-2-12-20-17(23)13-24-16-10-8-15(9-11-16)19-22-21-18(25-19)14-6-4-3-5-7-14/h2-11H,1,12-13H2,(H,20,23). The predicted molar refractivity (Wildman–Crippen MR) is 93.9 cm³/mol. The molecule has 0 unspecified atom stereocenters. The van der Waals surface area contributed by atoms with Gasteiger partial charge in [0.15, 0.2) is 6.61 Å². The number of nitrogens with one attached hydrogen (secondary N) is 1. The Bertz CT molecular complexity index is 842. The number of nitrogens with zero attached hydrogens (tertiary/aromatic N) is 2. The Labute approximate surface area is 145 Å². The lowest BCUT2D eigenvalue weighted by molar-refractivity contribution is -0.122. The molecule has 6 nitrogen and oxygen atoms in total. The Kier molecular flexibility index (Phi) is 5.21. The Hall–Kier alpha value is -3.41. The minimum atomic E-state index is -0.201. The minimum absolute atomic E-state index is 0.0497. The molecule has 0 atom stereocenters. The van der Waals surface area contributed by atoms with Crippen LogP contribution in [0.2, 0.25) is 0 Å². The van der Waals surface area contributed by atoms with Gasteiger partial charge in [0.25, 0.3) is 5.91 Å². The van der Waals surface area contributed by atoms with Gasteiger partial charge < -0.3 is 14.5 Å². The summed E-state index contributed by atoms with van der Waals surface area (Å²) in [5, 5.41) is 10.8. The summed E-state index contributed by atoms with van der Waals surface area (Å²) in [5.74, 6) is 1.28. The van der Waals surface area contributed by atoms with Crippen LogP contribution in [-0.4, -0.2) is 29.3 Å². The van der Waals surface area contributed by atoms with Crippen LogP contribution in [0.1, 0.15) is 0 Å². The van der Waals surface area contributed by atoms with E-state index in [9.17, 15) is 4.79 Å². The van der Waals surface area contributed by atoms with Gasteiger partial charge in [-0.15, -0.1) is 16.8 Å². The highest BCUT2D eigenvalue weighted by Crippen LogP contribution is 2.25. The molecular weight excluding hydrogens is 318 g/mol. The van der Waals surface area contributed by atoms with Crippen LogP contribution in [-0.2, 0) is 4.79 Å². The van der Waals surface area contributed by atoms with Crippen LogP contribution >= 0.6 is 0 Å². The molecule has 3 rings (SSSR count). The average Bonchev–Trinajstić information content (AvgIpc) is 3.16. The van der Waals surface area contributed by atoms with E-state index < -0.39 is 0 Å². The number of carbonyl (C=O) groups excluding carboxylic acids is 1. The number of hydrogen-bond donors (Lipinski definition) is 1. The molecule has 0 saturated carbocycles. The first kappa shape index (κ1) is 16.4. The smallest absolute Gasteiger partial charge is 0.258 e. The van der Waals surface area contributed by atoms with E-state index in [1.54, 1.807) is 30.3 Å². The van der Waals surface area contributed by atoms with Crippen LogP contribution in [0.4, 0.5) is 0 Å². The van der Waals surface area contributed by atoms with E-state index in [0.29, 0.717) is 24.1 Å². The van der Waals surface area contributed by atoms with Crippen molar-refractivity contribution in [3.8, 4) is 28.7 Å². The second-order valence-electron chi connectivity index (χ2n) is 5.18. The summed E-state index contributed by atoms with van der Waals surface area (Å²) in [6.45, 7) is 3.90. The molecule has 0 radical (unpaired) electrons. The highest BCUT2D eigenvalue weighted by Gasteiger charge is 2.10. The number of carbonyl (C=O) groups is 1. The first-order valence-electron chi connectivity index (χ1n) is 7.76. The maximum atomic E-state index is 11.5. The van der Waals surface area contributed by atoms with Gasteiger partial charge in [-0.2, -0.15) is 0 Å². The zero-order valence-electron chi connectivity index (χ0n) is 13.5. The molecule has 3 aromatic rings. The van der Waals surface area contributed by atoms with Gasteiger partial charge in [0.1, 0.15) is 5.75 Å². The molecule has 6 heteroatoms. The molecule has 1 N–H and O–H groups in total. The zero-order valence-corrected chi connectivity index (χ0v) is 13.5. The van der Waals surface area contributed by atoms with Gasteiger partial charge in [-0.05, 0) is 36.4 Å². The Morgan fingerprint density at radius 3 is 2.32 bits per heavy atom. The summed E-state index contributed by atoms with van der Waals surface area (Å²) in [6, 6.07) is 16.7. The Morgan fingerprint density at radius 2 is 1.68 bits per heavy atom. The Morgan fingerprint density at radius 1 is 1.04 bits per heavy atom. The molecule has 126 valence electrons. The zero-order chi connectivity index (χ0) is 17.5. The molecule has 0 saturated heterocycles. The number of aromatic nitrogens is 2. The predicted octanol–water partition coefficient (Wildman–Crippen LogP) is 3.08. The largest absolute Gasteiger partial charge is 0.484 e. The van der Waals surface area contributed by atoms with Crippen LogP contribution < -0.4 is 10.1 Å². The third-order valence-corrected chi connectivity index (χ3v) is 3.36. The van der Waals surface area contributed by atoms with E-state index in [2.05, 4.69) is 22.1 Å². The van der Waals surface area contributed by atoms with Gasteiger partial charge in [0, 0.05) is 17.7 Å². The second kappa shape index (κ2) is 7.92. The minimum Gasteiger partial charge on any atom is -0.484 e. The van der Waals surface area contributed by atoms with Crippen molar-refractivity contribution < 1.29 is 13.9 Å². The fourth-order valence-electron chi connectivity index (χ4n) is 2.12. The summed E-state index contributed by atoms with van der Waals surface area (Å²) in [4.78, 5) is 11.5. The monoisotopic (exact) mass is 335 g/mol. The first-order valence-corrected chi connectivity index (χ1v) is 7.76. The highest BCUT2D eigenvalue weighted by atomic mass is 16.5. The number of rotatable bonds is 7. The SMILES string of the molecule is C=CCNC(=O)COc1ccc(-c2nnc(-c3ccccc3)o2)cc1. The van der Waals surface area contributed by atoms with Crippen molar-refractivity contribution in [3.05, 3.63) is 67.3 Å². The van der Waals surface area contributed by atoms with Crippen molar-refractivity contribution in [2.24, 2.45) is 0 Å². The Balaban J connectivity index is 1.64.